The minimum absolute atomic E-state index is 0.189. The molecule has 2 aromatic carbocycles. The molecule has 1 aliphatic heterocycles. The third-order valence-electron chi connectivity index (χ3n) is 4.76. The summed E-state index contributed by atoms with van der Waals surface area (Å²) < 4.78 is 0. The van der Waals surface area contributed by atoms with Gasteiger partial charge in [-0.3, -0.25) is 14.5 Å². The van der Waals surface area contributed by atoms with Crippen LogP contribution >= 0.6 is 0 Å². The molecular formula is C20H25N3O2. The summed E-state index contributed by atoms with van der Waals surface area (Å²) in [6.45, 7) is 3.23. The molecule has 5 nitrogen and oxygen atoms in total. The first kappa shape index (κ1) is 17.4. The van der Waals surface area contributed by atoms with Gasteiger partial charge in [-0.25, -0.2) is 0 Å². The predicted molar refractivity (Wildman–Crippen MR) is 99.1 cm³/mol. The van der Waals surface area contributed by atoms with E-state index < -0.39 is 0 Å². The zero-order valence-corrected chi connectivity index (χ0v) is 14.5. The van der Waals surface area contributed by atoms with Crippen LogP contribution in [-0.2, 0) is 16.0 Å². The third kappa shape index (κ3) is 4.79. The lowest BCUT2D eigenvalue weighted by Gasteiger charge is -2.21. The van der Waals surface area contributed by atoms with Crippen molar-refractivity contribution in [2.24, 2.45) is 5.73 Å². The fourth-order valence-electron chi connectivity index (χ4n) is 3.40. The van der Waals surface area contributed by atoms with Crippen molar-refractivity contribution in [3.8, 4) is 0 Å². The fourth-order valence-corrected chi connectivity index (χ4v) is 3.40. The number of nitrogens with two attached hydrogens (primary N) is 1. The summed E-state index contributed by atoms with van der Waals surface area (Å²) >= 11 is 0. The van der Waals surface area contributed by atoms with Crippen molar-refractivity contribution in [2.45, 2.75) is 19.3 Å². The molecule has 3 rings (SSSR count). The second-order valence-electron chi connectivity index (χ2n) is 6.66. The van der Waals surface area contributed by atoms with E-state index in [1.807, 2.05) is 21.9 Å². The van der Waals surface area contributed by atoms with Crippen LogP contribution in [-0.4, -0.2) is 54.3 Å². The van der Waals surface area contributed by atoms with Gasteiger partial charge in [0.1, 0.15) is 0 Å². The van der Waals surface area contributed by atoms with E-state index in [1.165, 1.54) is 16.3 Å². The quantitative estimate of drug-likeness (QED) is 0.903. The normalized spacial score (nSPS) is 15.9. The number of benzene rings is 2. The molecule has 1 heterocycles. The Kier molecular flexibility index (Phi) is 5.66. The molecule has 2 aromatic rings. The van der Waals surface area contributed by atoms with E-state index in [9.17, 15) is 9.59 Å². The highest BCUT2D eigenvalue weighted by atomic mass is 16.2. The van der Waals surface area contributed by atoms with Crippen LogP contribution in [0.4, 0.5) is 0 Å². The van der Waals surface area contributed by atoms with Crippen molar-refractivity contribution in [3.05, 3.63) is 48.0 Å². The van der Waals surface area contributed by atoms with Crippen molar-refractivity contribution < 1.29 is 9.59 Å². The second kappa shape index (κ2) is 8.12. The number of primary amides is 1. The first-order chi connectivity index (χ1) is 12.1. The molecule has 0 aromatic heterocycles. The zero-order valence-electron chi connectivity index (χ0n) is 14.5. The molecule has 2 amide bonds. The number of aryl methyl sites for hydroxylation is 1. The lowest BCUT2D eigenvalue weighted by Crippen LogP contribution is -2.38. The van der Waals surface area contributed by atoms with Crippen LogP contribution < -0.4 is 5.73 Å². The third-order valence-corrected chi connectivity index (χ3v) is 4.76. The van der Waals surface area contributed by atoms with Gasteiger partial charge in [0, 0.05) is 32.6 Å². The second-order valence-corrected chi connectivity index (χ2v) is 6.66. The van der Waals surface area contributed by atoms with E-state index in [0.29, 0.717) is 19.5 Å². The Morgan fingerprint density at radius 2 is 1.76 bits per heavy atom. The van der Waals surface area contributed by atoms with E-state index >= 15 is 0 Å². The predicted octanol–water partition coefficient (Wildman–Crippen LogP) is 1.79. The van der Waals surface area contributed by atoms with Crippen molar-refractivity contribution in [1.82, 2.24) is 9.80 Å². The van der Waals surface area contributed by atoms with Crippen LogP contribution in [0.25, 0.3) is 10.8 Å². The Hall–Kier alpha value is -2.40. The number of nitrogens with zero attached hydrogens (tertiary/aromatic N) is 2. The maximum Gasteiger partial charge on any atom is 0.231 e. The maximum absolute atomic E-state index is 12.5. The van der Waals surface area contributed by atoms with Gasteiger partial charge in [-0.05, 0) is 29.2 Å². The molecule has 25 heavy (non-hydrogen) atoms. The van der Waals surface area contributed by atoms with Gasteiger partial charge in [0.25, 0.3) is 0 Å². The van der Waals surface area contributed by atoms with Gasteiger partial charge < -0.3 is 10.6 Å². The van der Waals surface area contributed by atoms with Crippen molar-refractivity contribution in [1.29, 1.82) is 0 Å². The molecule has 5 heteroatoms. The minimum atomic E-state index is -0.309. The topological polar surface area (TPSA) is 66.6 Å². The summed E-state index contributed by atoms with van der Waals surface area (Å²) in [6.07, 6.45) is 2.16. The summed E-state index contributed by atoms with van der Waals surface area (Å²) in [7, 11) is 0. The Morgan fingerprint density at radius 1 is 0.960 bits per heavy atom. The Labute approximate surface area is 148 Å². The maximum atomic E-state index is 12.5. The molecule has 0 saturated carbocycles. The average Bonchev–Trinajstić information content (AvgIpc) is 2.84. The van der Waals surface area contributed by atoms with Gasteiger partial charge in [-0.2, -0.15) is 0 Å². The van der Waals surface area contributed by atoms with Crippen LogP contribution in [0.5, 0.6) is 0 Å². The van der Waals surface area contributed by atoms with Crippen molar-refractivity contribution in [2.75, 3.05) is 32.7 Å². The molecule has 0 bridgehead atoms. The number of hydrogen-bond acceptors (Lipinski definition) is 3. The number of hydrogen-bond donors (Lipinski definition) is 1. The van der Waals surface area contributed by atoms with E-state index in [4.69, 9.17) is 5.73 Å². The summed E-state index contributed by atoms with van der Waals surface area (Å²) in [6, 6.07) is 14.6. The van der Waals surface area contributed by atoms with Crippen molar-refractivity contribution in [3.63, 3.8) is 0 Å². The van der Waals surface area contributed by atoms with Crippen LogP contribution in [0.3, 0.4) is 0 Å². The summed E-state index contributed by atoms with van der Waals surface area (Å²) in [5, 5.41) is 2.43. The number of fused-ring (bicyclic) bond motifs is 1. The van der Waals surface area contributed by atoms with Gasteiger partial charge >= 0.3 is 0 Å². The average molecular weight is 339 g/mol. The van der Waals surface area contributed by atoms with Gasteiger partial charge in [0.15, 0.2) is 0 Å². The Morgan fingerprint density at radius 3 is 2.56 bits per heavy atom. The highest BCUT2D eigenvalue weighted by Gasteiger charge is 2.19. The van der Waals surface area contributed by atoms with Gasteiger partial charge in [0.2, 0.25) is 11.8 Å². The monoisotopic (exact) mass is 339 g/mol. The van der Waals surface area contributed by atoms with Crippen molar-refractivity contribution >= 4 is 22.6 Å². The zero-order chi connectivity index (χ0) is 17.6. The summed E-state index contributed by atoms with van der Waals surface area (Å²) in [5.74, 6) is -0.120. The van der Waals surface area contributed by atoms with E-state index in [-0.39, 0.29) is 18.4 Å². The number of rotatable bonds is 5. The fraction of sp³-hybridized carbons (Fsp3) is 0.400. The molecule has 132 valence electrons. The van der Waals surface area contributed by atoms with E-state index in [1.54, 1.807) is 0 Å². The molecule has 1 aliphatic rings. The smallest absolute Gasteiger partial charge is 0.231 e. The Balaban J connectivity index is 1.53. The highest BCUT2D eigenvalue weighted by Crippen LogP contribution is 2.17. The molecule has 0 unspecified atom stereocenters. The van der Waals surface area contributed by atoms with Gasteiger partial charge in [-0.15, -0.1) is 0 Å². The molecule has 1 saturated heterocycles. The molecule has 0 atom stereocenters. The highest BCUT2D eigenvalue weighted by molar-refractivity contribution is 5.83. The standard InChI is InChI=1S/C20H25N3O2/c21-19(24)15-22-10-3-11-23(13-12-22)20(25)9-7-16-6-8-17-4-1-2-5-18(17)14-16/h1-2,4-6,8,14H,3,7,9-13,15H2,(H2,21,24). The lowest BCUT2D eigenvalue weighted by molar-refractivity contribution is -0.131. The van der Waals surface area contributed by atoms with Crippen LogP contribution in [0.1, 0.15) is 18.4 Å². The molecule has 2 N–H and O–H groups in total. The van der Waals surface area contributed by atoms with Crippen LogP contribution in [0.15, 0.2) is 42.5 Å². The van der Waals surface area contributed by atoms with Gasteiger partial charge in [0.05, 0.1) is 6.54 Å². The minimum Gasteiger partial charge on any atom is -0.369 e. The van der Waals surface area contributed by atoms with Gasteiger partial charge in [-0.1, -0.05) is 42.5 Å². The molecule has 1 fully saturated rings. The van der Waals surface area contributed by atoms with E-state index in [2.05, 4.69) is 30.3 Å². The molecular weight excluding hydrogens is 314 g/mol. The van der Waals surface area contributed by atoms with Crippen LogP contribution in [0.2, 0.25) is 0 Å². The Bertz CT molecular complexity index is 759. The SMILES string of the molecule is NC(=O)CN1CCCN(C(=O)CCc2ccc3ccccc3c2)CC1. The molecule has 0 aliphatic carbocycles. The first-order valence-electron chi connectivity index (χ1n) is 8.88. The number of carbonyl (C=O) groups excluding carboxylic acids is 2. The summed E-state index contributed by atoms with van der Waals surface area (Å²) in [4.78, 5) is 27.5. The molecule has 0 radical (unpaired) electrons. The number of amides is 2. The van der Waals surface area contributed by atoms with E-state index in [0.717, 1.165) is 25.9 Å². The lowest BCUT2D eigenvalue weighted by atomic mass is 10.0. The first-order valence-corrected chi connectivity index (χ1v) is 8.88. The molecule has 0 spiro atoms. The van der Waals surface area contributed by atoms with Crippen LogP contribution in [0, 0.1) is 0 Å². The largest absolute Gasteiger partial charge is 0.369 e. The number of carbonyl (C=O) groups is 2. The summed E-state index contributed by atoms with van der Waals surface area (Å²) in [5.41, 5.74) is 6.45.